The second-order valence-corrected chi connectivity index (χ2v) is 6.96. The Hall–Kier alpha value is -1.30. The summed E-state index contributed by atoms with van der Waals surface area (Å²) >= 11 is 11.6. The minimum Gasteiger partial charge on any atom is -0.398 e. The first-order chi connectivity index (χ1) is 9.29. The lowest BCUT2D eigenvalue weighted by Crippen LogP contribution is -2.08. The van der Waals surface area contributed by atoms with Crippen LogP contribution in [0.3, 0.4) is 0 Å². The molecule has 0 heterocycles. The molecule has 20 heavy (non-hydrogen) atoms. The van der Waals surface area contributed by atoms with E-state index >= 15 is 0 Å². The highest BCUT2D eigenvalue weighted by atomic mass is 35.5. The molecule has 0 amide bonds. The Bertz CT molecular complexity index is 763. The Morgan fingerprint density at radius 1 is 1.05 bits per heavy atom. The third-order valence-electron chi connectivity index (χ3n) is 2.65. The molecule has 0 unspecified atom stereocenters. The lowest BCUT2D eigenvalue weighted by Gasteiger charge is -2.08. The SMILES string of the molecule is Nc1ccc(F)cc1S(=O)(=O)Cc1ccc(Cl)c(Cl)c1. The van der Waals surface area contributed by atoms with E-state index in [1.165, 1.54) is 18.2 Å². The van der Waals surface area contributed by atoms with Crippen molar-refractivity contribution in [1.29, 1.82) is 0 Å². The minimum atomic E-state index is -3.76. The Morgan fingerprint density at radius 3 is 2.40 bits per heavy atom. The summed E-state index contributed by atoms with van der Waals surface area (Å²) in [5, 5.41) is 0.588. The van der Waals surface area contributed by atoms with E-state index in [0.717, 1.165) is 12.1 Å². The van der Waals surface area contributed by atoms with Crippen LogP contribution in [0.4, 0.5) is 10.1 Å². The van der Waals surface area contributed by atoms with Crippen LogP contribution in [-0.4, -0.2) is 8.42 Å². The maximum atomic E-state index is 13.2. The topological polar surface area (TPSA) is 60.2 Å². The molecule has 2 aromatic rings. The summed E-state index contributed by atoms with van der Waals surface area (Å²) in [6, 6.07) is 7.73. The molecule has 2 N–H and O–H groups in total. The summed E-state index contributed by atoms with van der Waals surface area (Å²) in [6.07, 6.45) is 0. The van der Waals surface area contributed by atoms with Crippen LogP contribution in [0.2, 0.25) is 10.0 Å². The van der Waals surface area contributed by atoms with Gasteiger partial charge in [0.15, 0.2) is 9.84 Å². The van der Waals surface area contributed by atoms with Crippen LogP contribution in [-0.2, 0) is 15.6 Å². The zero-order chi connectivity index (χ0) is 14.9. The lowest BCUT2D eigenvalue weighted by atomic mass is 10.2. The number of benzene rings is 2. The number of rotatable bonds is 3. The first kappa shape index (κ1) is 15.1. The normalized spacial score (nSPS) is 11.6. The molecule has 0 spiro atoms. The van der Waals surface area contributed by atoms with Crippen molar-refractivity contribution in [1.82, 2.24) is 0 Å². The van der Waals surface area contributed by atoms with E-state index < -0.39 is 15.7 Å². The van der Waals surface area contributed by atoms with Crippen LogP contribution in [0.15, 0.2) is 41.3 Å². The van der Waals surface area contributed by atoms with Crippen molar-refractivity contribution in [3.63, 3.8) is 0 Å². The van der Waals surface area contributed by atoms with E-state index in [2.05, 4.69) is 0 Å². The maximum absolute atomic E-state index is 13.2. The van der Waals surface area contributed by atoms with E-state index in [0.29, 0.717) is 10.6 Å². The third kappa shape index (κ3) is 3.23. The number of hydrogen-bond donors (Lipinski definition) is 1. The summed E-state index contributed by atoms with van der Waals surface area (Å²) in [5.74, 6) is -0.996. The van der Waals surface area contributed by atoms with Gasteiger partial charge < -0.3 is 5.73 Å². The molecule has 2 rings (SSSR count). The number of sulfone groups is 1. The van der Waals surface area contributed by atoms with Gasteiger partial charge in [0.1, 0.15) is 5.82 Å². The summed E-state index contributed by atoms with van der Waals surface area (Å²) < 4.78 is 37.7. The van der Waals surface area contributed by atoms with Crippen molar-refractivity contribution in [3.8, 4) is 0 Å². The first-order valence-corrected chi connectivity index (χ1v) is 7.92. The van der Waals surface area contributed by atoms with E-state index in [9.17, 15) is 12.8 Å². The van der Waals surface area contributed by atoms with Crippen molar-refractivity contribution >= 4 is 38.7 Å². The first-order valence-electron chi connectivity index (χ1n) is 5.51. The summed E-state index contributed by atoms with van der Waals surface area (Å²) in [6.45, 7) is 0. The molecule has 0 aliphatic rings. The number of nitrogen functional groups attached to an aromatic ring is 1. The van der Waals surface area contributed by atoms with Crippen LogP contribution in [0.5, 0.6) is 0 Å². The number of nitrogens with two attached hydrogens (primary N) is 1. The van der Waals surface area contributed by atoms with E-state index in [1.807, 2.05) is 0 Å². The Kier molecular flexibility index (Phi) is 4.22. The average molecular weight is 334 g/mol. The molecule has 106 valence electrons. The maximum Gasteiger partial charge on any atom is 0.184 e. The highest BCUT2D eigenvalue weighted by Crippen LogP contribution is 2.27. The van der Waals surface area contributed by atoms with Gasteiger partial charge in [-0.3, -0.25) is 0 Å². The van der Waals surface area contributed by atoms with Gasteiger partial charge in [-0.2, -0.15) is 0 Å². The molecule has 0 aliphatic carbocycles. The Morgan fingerprint density at radius 2 is 1.75 bits per heavy atom. The van der Waals surface area contributed by atoms with Gasteiger partial charge in [-0.25, -0.2) is 12.8 Å². The number of halogens is 3. The van der Waals surface area contributed by atoms with Gasteiger partial charge in [0, 0.05) is 0 Å². The van der Waals surface area contributed by atoms with E-state index in [-0.39, 0.29) is 21.4 Å². The zero-order valence-corrected chi connectivity index (χ0v) is 12.4. The lowest BCUT2D eigenvalue weighted by molar-refractivity contribution is 0.590. The largest absolute Gasteiger partial charge is 0.398 e. The third-order valence-corrected chi connectivity index (χ3v) is 5.13. The monoisotopic (exact) mass is 333 g/mol. The average Bonchev–Trinajstić information content (AvgIpc) is 2.36. The molecular weight excluding hydrogens is 324 g/mol. The van der Waals surface area contributed by atoms with Crippen LogP contribution in [0.25, 0.3) is 0 Å². The predicted octanol–water partition coefficient (Wildman–Crippen LogP) is 3.69. The van der Waals surface area contributed by atoms with Crippen molar-refractivity contribution < 1.29 is 12.8 Å². The molecule has 0 bridgehead atoms. The molecular formula is C13H10Cl2FNO2S. The van der Waals surface area contributed by atoms with Gasteiger partial charge in [-0.1, -0.05) is 29.3 Å². The van der Waals surface area contributed by atoms with Gasteiger partial charge >= 0.3 is 0 Å². The van der Waals surface area contributed by atoms with Crippen LogP contribution >= 0.6 is 23.2 Å². The Labute approximate surface area is 126 Å². The summed E-state index contributed by atoms with van der Waals surface area (Å²) in [4.78, 5) is -0.233. The molecule has 0 aromatic heterocycles. The molecule has 7 heteroatoms. The number of anilines is 1. The smallest absolute Gasteiger partial charge is 0.184 e. The molecule has 0 fully saturated rings. The highest BCUT2D eigenvalue weighted by molar-refractivity contribution is 7.90. The van der Waals surface area contributed by atoms with E-state index in [4.69, 9.17) is 28.9 Å². The van der Waals surface area contributed by atoms with Crippen molar-refractivity contribution in [2.45, 2.75) is 10.6 Å². The van der Waals surface area contributed by atoms with Crippen LogP contribution < -0.4 is 5.73 Å². The summed E-state index contributed by atoms with van der Waals surface area (Å²) in [7, 11) is -3.76. The second-order valence-electron chi connectivity index (χ2n) is 4.19. The van der Waals surface area contributed by atoms with Crippen LogP contribution in [0.1, 0.15) is 5.56 Å². The predicted molar refractivity (Wildman–Crippen MR) is 78.2 cm³/mol. The fourth-order valence-corrected chi connectivity index (χ4v) is 3.52. The highest BCUT2D eigenvalue weighted by Gasteiger charge is 2.19. The van der Waals surface area contributed by atoms with Crippen molar-refractivity contribution in [2.24, 2.45) is 0 Å². The molecule has 2 aromatic carbocycles. The van der Waals surface area contributed by atoms with Gasteiger partial charge in [0.05, 0.1) is 26.4 Å². The molecule has 0 aliphatic heterocycles. The van der Waals surface area contributed by atoms with Gasteiger partial charge in [0.25, 0.3) is 0 Å². The van der Waals surface area contributed by atoms with Crippen molar-refractivity contribution in [3.05, 3.63) is 57.8 Å². The van der Waals surface area contributed by atoms with Gasteiger partial charge in [0.2, 0.25) is 0 Å². The molecule has 0 saturated carbocycles. The molecule has 0 atom stereocenters. The number of hydrogen-bond acceptors (Lipinski definition) is 3. The fourth-order valence-electron chi connectivity index (χ4n) is 1.70. The van der Waals surface area contributed by atoms with Gasteiger partial charge in [-0.05, 0) is 35.9 Å². The minimum absolute atomic E-state index is 0.00598. The fraction of sp³-hybridized carbons (Fsp3) is 0.0769. The second kappa shape index (κ2) is 5.60. The quantitative estimate of drug-likeness (QED) is 0.871. The van der Waals surface area contributed by atoms with Crippen molar-refractivity contribution in [2.75, 3.05) is 5.73 Å². The van der Waals surface area contributed by atoms with Crippen LogP contribution in [0, 0.1) is 5.82 Å². The summed E-state index contributed by atoms with van der Waals surface area (Å²) in [5.41, 5.74) is 6.04. The zero-order valence-electron chi connectivity index (χ0n) is 10.1. The van der Waals surface area contributed by atoms with Gasteiger partial charge in [-0.15, -0.1) is 0 Å². The Balaban J connectivity index is 2.40. The standard InChI is InChI=1S/C13H10Cl2FNO2S/c14-10-3-1-8(5-11(10)15)7-20(18,19)13-6-9(16)2-4-12(13)17/h1-6H,7,17H2. The van der Waals surface area contributed by atoms with E-state index in [1.54, 1.807) is 6.07 Å². The molecule has 3 nitrogen and oxygen atoms in total. The molecule has 0 radical (unpaired) electrons. The molecule has 0 saturated heterocycles.